The highest BCUT2D eigenvalue weighted by Gasteiger charge is 2.23. The Kier molecular flexibility index (Phi) is 11.0. The molecule has 0 aliphatic carbocycles. The molecule has 1 aliphatic heterocycles. The second kappa shape index (κ2) is 13.9. The van der Waals surface area contributed by atoms with Crippen molar-refractivity contribution in [3.8, 4) is 18.6 Å². The number of nitrogens with one attached hydrogen (secondary N) is 1. The summed E-state index contributed by atoms with van der Waals surface area (Å²) in [6.07, 6.45) is 13.9. The molecule has 0 spiro atoms. The van der Waals surface area contributed by atoms with E-state index >= 15 is 0 Å². The standard InChI is InChI=1S/C24H24ClN3O3.C3H6.C2H2/c1-4-15(2)11-22-26-24(27-31-22)20-14-28(13-16-5-7-17(25)8-6-16)21-10-9-18(30-3)12-19(21)23(20)29;1-3-2;1-2/h4-10,12,14,22H,11,13H2,1-3H3,(H,26,27);3H,1H2,2H3;1-2H/b15-4+;;. The van der Waals surface area contributed by atoms with Crippen molar-refractivity contribution in [1.29, 1.82) is 0 Å². The van der Waals surface area contributed by atoms with Crippen molar-refractivity contribution in [1.82, 2.24) is 10.0 Å². The average molecular weight is 506 g/mol. The van der Waals surface area contributed by atoms with Crippen LogP contribution in [-0.4, -0.2) is 23.7 Å². The maximum absolute atomic E-state index is 13.3. The zero-order valence-electron chi connectivity index (χ0n) is 21.1. The summed E-state index contributed by atoms with van der Waals surface area (Å²) in [7, 11) is 1.59. The zero-order chi connectivity index (χ0) is 26.7. The normalized spacial score (nSPS) is 14.5. The van der Waals surface area contributed by atoms with Crippen LogP contribution >= 0.6 is 11.6 Å². The van der Waals surface area contributed by atoms with E-state index in [1.807, 2.05) is 74.0 Å². The second-order valence-electron chi connectivity index (χ2n) is 7.91. The maximum Gasteiger partial charge on any atom is 0.200 e. The Morgan fingerprint density at radius 1 is 1.25 bits per heavy atom. The molecule has 1 atom stereocenters. The molecule has 0 fully saturated rings. The van der Waals surface area contributed by atoms with Gasteiger partial charge in [0.1, 0.15) is 5.75 Å². The number of pyridine rings is 1. The van der Waals surface area contributed by atoms with Crippen LogP contribution in [0.5, 0.6) is 5.75 Å². The van der Waals surface area contributed by atoms with Gasteiger partial charge in [-0.1, -0.05) is 41.5 Å². The van der Waals surface area contributed by atoms with Crippen LogP contribution in [0.4, 0.5) is 0 Å². The molecule has 2 aromatic carbocycles. The van der Waals surface area contributed by atoms with Crippen LogP contribution in [0.2, 0.25) is 5.02 Å². The first-order valence-corrected chi connectivity index (χ1v) is 11.8. The fraction of sp³-hybridized carbons (Fsp3) is 0.241. The fourth-order valence-electron chi connectivity index (χ4n) is 3.52. The van der Waals surface area contributed by atoms with Crippen molar-refractivity contribution in [3.05, 3.63) is 99.3 Å². The van der Waals surface area contributed by atoms with Crippen LogP contribution in [0.1, 0.15) is 38.3 Å². The summed E-state index contributed by atoms with van der Waals surface area (Å²) in [5.74, 6) is 1.06. The zero-order valence-corrected chi connectivity index (χ0v) is 21.9. The molecule has 4 rings (SSSR count). The van der Waals surface area contributed by atoms with E-state index in [4.69, 9.17) is 21.2 Å². The lowest BCUT2D eigenvalue weighted by Gasteiger charge is -2.14. The second-order valence-corrected chi connectivity index (χ2v) is 8.35. The number of terminal acetylenes is 1. The van der Waals surface area contributed by atoms with Gasteiger partial charge in [-0.15, -0.1) is 19.4 Å². The summed E-state index contributed by atoms with van der Waals surface area (Å²) in [4.78, 5) is 23.5. The maximum atomic E-state index is 13.3. The van der Waals surface area contributed by atoms with Crippen LogP contribution in [0.15, 0.2) is 82.8 Å². The Morgan fingerprint density at radius 3 is 2.53 bits per heavy atom. The summed E-state index contributed by atoms with van der Waals surface area (Å²) >= 11 is 6.03. The lowest BCUT2D eigenvalue weighted by Crippen LogP contribution is -2.27. The van der Waals surface area contributed by atoms with Crippen molar-refractivity contribution in [2.45, 2.75) is 40.0 Å². The first-order valence-electron chi connectivity index (χ1n) is 11.4. The molecule has 36 heavy (non-hydrogen) atoms. The Labute approximate surface area is 217 Å². The van der Waals surface area contributed by atoms with Crippen LogP contribution in [0.25, 0.3) is 10.9 Å². The van der Waals surface area contributed by atoms with Crippen molar-refractivity contribution < 1.29 is 9.57 Å². The van der Waals surface area contributed by atoms with Crippen molar-refractivity contribution >= 4 is 28.3 Å². The smallest absolute Gasteiger partial charge is 0.200 e. The van der Waals surface area contributed by atoms with E-state index in [1.54, 1.807) is 19.3 Å². The number of aliphatic imine (C=N–C) groups is 1. The molecule has 6 nitrogen and oxygen atoms in total. The van der Waals surface area contributed by atoms with Crippen LogP contribution in [-0.2, 0) is 11.4 Å². The third kappa shape index (κ3) is 7.11. The van der Waals surface area contributed by atoms with Gasteiger partial charge in [-0.05, 0) is 56.7 Å². The number of aromatic nitrogens is 1. The highest BCUT2D eigenvalue weighted by Crippen LogP contribution is 2.22. The minimum absolute atomic E-state index is 0.125. The van der Waals surface area contributed by atoms with E-state index in [2.05, 4.69) is 29.9 Å². The Balaban J connectivity index is 0.000000850. The number of hydrogen-bond donors (Lipinski definition) is 1. The minimum atomic E-state index is -0.365. The lowest BCUT2D eigenvalue weighted by atomic mass is 10.1. The van der Waals surface area contributed by atoms with Gasteiger partial charge in [0.2, 0.25) is 5.43 Å². The highest BCUT2D eigenvalue weighted by molar-refractivity contribution is 6.30. The molecule has 0 amide bonds. The van der Waals surface area contributed by atoms with Gasteiger partial charge in [0.15, 0.2) is 12.1 Å². The van der Waals surface area contributed by atoms with Gasteiger partial charge in [-0.25, -0.2) is 15.3 Å². The van der Waals surface area contributed by atoms with Crippen LogP contribution in [0.3, 0.4) is 0 Å². The minimum Gasteiger partial charge on any atom is -0.497 e. The fourth-order valence-corrected chi connectivity index (χ4v) is 3.64. The summed E-state index contributed by atoms with van der Waals surface area (Å²) < 4.78 is 7.38. The predicted octanol–water partition coefficient (Wildman–Crippen LogP) is 6.12. The van der Waals surface area contributed by atoms with Gasteiger partial charge in [0.25, 0.3) is 0 Å². The molecule has 0 saturated carbocycles. The highest BCUT2D eigenvalue weighted by atomic mass is 35.5. The number of rotatable bonds is 6. The molecular formula is C29H32ClN3O3. The molecule has 1 aliphatic rings. The van der Waals surface area contributed by atoms with Gasteiger partial charge < -0.3 is 9.30 Å². The van der Waals surface area contributed by atoms with E-state index in [1.165, 1.54) is 5.57 Å². The van der Waals surface area contributed by atoms with E-state index in [0.29, 0.717) is 40.5 Å². The monoisotopic (exact) mass is 505 g/mol. The summed E-state index contributed by atoms with van der Waals surface area (Å²) in [6, 6.07) is 13.2. The number of benzene rings is 2. The lowest BCUT2D eigenvalue weighted by molar-refractivity contribution is 0.0389. The molecule has 0 radical (unpaired) electrons. The van der Waals surface area contributed by atoms with E-state index in [0.717, 1.165) is 11.1 Å². The number of nitrogens with zero attached hydrogens (tertiary/aromatic N) is 2. The van der Waals surface area contributed by atoms with E-state index < -0.39 is 0 Å². The van der Waals surface area contributed by atoms with Gasteiger partial charge in [0.05, 0.1) is 23.6 Å². The number of allylic oxidation sites excluding steroid dienone is 2. The molecule has 3 aromatic rings. The van der Waals surface area contributed by atoms with Crippen molar-refractivity contribution in [2.75, 3.05) is 7.11 Å². The number of hydrogen-bond acceptors (Lipinski definition) is 5. The molecule has 1 unspecified atom stereocenters. The first kappa shape index (κ1) is 28.4. The summed E-state index contributed by atoms with van der Waals surface area (Å²) in [5, 5.41) is 1.24. The molecule has 2 heterocycles. The van der Waals surface area contributed by atoms with Crippen LogP contribution < -0.4 is 15.6 Å². The van der Waals surface area contributed by atoms with Crippen molar-refractivity contribution in [2.24, 2.45) is 4.99 Å². The van der Waals surface area contributed by atoms with Gasteiger partial charge >= 0.3 is 0 Å². The first-order chi connectivity index (χ1) is 17.4. The molecule has 0 bridgehead atoms. The van der Waals surface area contributed by atoms with E-state index in [9.17, 15) is 4.79 Å². The third-order valence-corrected chi connectivity index (χ3v) is 5.61. The van der Waals surface area contributed by atoms with Gasteiger partial charge in [0, 0.05) is 24.2 Å². The molecule has 0 saturated heterocycles. The SMILES string of the molecule is C#C.C/C=C(\C)CC1N=C(c2cn(Cc3ccc(Cl)cc3)c3ccc(OC)cc3c2=O)NO1.C=CC. The molecule has 1 aromatic heterocycles. The Morgan fingerprint density at radius 2 is 1.92 bits per heavy atom. The third-order valence-electron chi connectivity index (χ3n) is 5.36. The Bertz CT molecular complexity index is 1320. The van der Waals surface area contributed by atoms with Gasteiger partial charge in [-0.2, -0.15) is 0 Å². The topological polar surface area (TPSA) is 64.9 Å². The number of halogens is 1. The van der Waals surface area contributed by atoms with Gasteiger partial charge in [-0.3, -0.25) is 4.79 Å². The predicted molar refractivity (Wildman–Crippen MR) is 150 cm³/mol. The number of amidine groups is 1. The molecule has 188 valence electrons. The quantitative estimate of drug-likeness (QED) is 0.324. The molecule has 1 N–H and O–H groups in total. The molecular weight excluding hydrogens is 474 g/mol. The number of hydroxylamine groups is 1. The van der Waals surface area contributed by atoms with Crippen molar-refractivity contribution in [3.63, 3.8) is 0 Å². The molecule has 7 heteroatoms. The average Bonchev–Trinajstić information content (AvgIpc) is 3.36. The van der Waals surface area contributed by atoms with Crippen LogP contribution in [0, 0.1) is 12.8 Å². The summed E-state index contributed by atoms with van der Waals surface area (Å²) in [5.41, 5.74) is 6.22. The number of fused-ring (bicyclic) bond motifs is 1. The number of ether oxygens (including phenoxy) is 1. The van der Waals surface area contributed by atoms with E-state index in [-0.39, 0.29) is 11.7 Å². The summed E-state index contributed by atoms with van der Waals surface area (Å²) in [6.45, 7) is 9.83. The largest absolute Gasteiger partial charge is 0.497 e. The Hall–Kier alpha value is -3.79. The number of methoxy groups -OCH3 is 1.